The predicted molar refractivity (Wildman–Crippen MR) is 102 cm³/mol. The molecule has 4 nitrogen and oxygen atoms in total. The second-order valence-corrected chi connectivity index (χ2v) is 6.37. The van der Waals surface area contributed by atoms with Crippen molar-refractivity contribution < 1.29 is 14.2 Å². The van der Waals surface area contributed by atoms with Gasteiger partial charge in [0.15, 0.2) is 0 Å². The van der Waals surface area contributed by atoms with E-state index in [4.69, 9.17) is 14.2 Å². The number of rotatable bonds is 7. The lowest BCUT2D eigenvalue weighted by molar-refractivity contribution is -0.411. The molecule has 0 spiro atoms. The first kappa shape index (κ1) is 18.2. The molecular formula is C21H29NO3. The number of benzene rings is 2. The standard InChI is InChI=1S/C21H29NO3/c1-4-12-23-21(24-13-7-14-25-21)19-10-8-17-9-11-20(16-18(17)15-19)22(5-2)6-3/h8-11,15-16H,4-7,12-14H2,1-3H3. The lowest BCUT2D eigenvalue weighted by Crippen LogP contribution is -2.40. The Labute approximate surface area is 150 Å². The highest BCUT2D eigenvalue weighted by atomic mass is 16.9. The summed E-state index contributed by atoms with van der Waals surface area (Å²) in [6, 6.07) is 12.9. The van der Waals surface area contributed by atoms with E-state index >= 15 is 0 Å². The number of fused-ring (bicyclic) bond motifs is 1. The highest BCUT2D eigenvalue weighted by Crippen LogP contribution is 2.35. The molecule has 0 amide bonds. The molecule has 136 valence electrons. The maximum absolute atomic E-state index is 6.02. The Morgan fingerprint density at radius 1 is 0.960 bits per heavy atom. The van der Waals surface area contributed by atoms with Gasteiger partial charge in [0.05, 0.1) is 19.8 Å². The monoisotopic (exact) mass is 343 g/mol. The fourth-order valence-corrected chi connectivity index (χ4v) is 3.29. The summed E-state index contributed by atoms with van der Waals surface area (Å²) in [6.07, 6.45) is 1.82. The van der Waals surface area contributed by atoms with Crippen LogP contribution < -0.4 is 4.90 Å². The molecule has 0 unspecified atom stereocenters. The minimum atomic E-state index is -1.06. The van der Waals surface area contributed by atoms with E-state index in [1.54, 1.807) is 0 Å². The topological polar surface area (TPSA) is 30.9 Å². The van der Waals surface area contributed by atoms with Crippen LogP contribution in [-0.2, 0) is 20.2 Å². The third kappa shape index (κ3) is 3.81. The van der Waals surface area contributed by atoms with Crippen molar-refractivity contribution in [1.82, 2.24) is 0 Å². The van der Waals surface area contributed by atoms with Gasteiger partial charge in [-0.15, -0.1) is 0 Å². The number of nitrogens with zero attached hydrogens (tertiary/aromatic N) is 1. The van der Waals surface area contributed by atoms with Gasteiger partial charge in [0.2, 0.25) is 0 Å². The SMILES string of the molecule is CCCOC1(c2ccc3ccc(N(CC)CC)cc3c2)OCCCO1. The smallest absolute Gasteiger partial charge is 0.312 e. The summed E-state index contributed by atoms with van der Waals surface area (Å²) in [5.74, 6) is -1.06. The maximum atomic E-state index is 6.02. The van der Waals surface area contributed by atoms with Crippen LogP contribution in [0.4, 0.5) is 5.69 Å². The minimum Gasteiger partial charge on any atom is -0.372 e. The molecule has 1 aliphatic rings. The molecule has 1 fully saturated rings. The van der Waals surface area contributed by atoms with E-state index in [0.29, 0.717) is 19.8 Å². The molecule has 0 radical (unpaired) electrons. The van der Waals surface area contributed by atoms with E-state index in [0.717, 1.165) is 31.5 Å². The first-order valence-electron chi connectivity index (χ1n) is 9.43. The van der Waals surface area contributed by atoms with Gasteiger partial charge >= 0.3 is 5.97 Å². The van der Waals surface area contributed by atoms with E-state index in [-0.39, 0.29) is 0 Å². The van der Waals surface area contributed by atoms with Gasteiger partial charge in [0.25, 0.3) is 0 Å². The molecule has 0 aromatic heterocycles. The Balaban J connectivity index is 1.99. The largest absolute Gasteiger partial charge is 0.372 e. The summed E-state index contributed by atoms with van der Waals surface area (Å²) in [6.45, 7) is 10.4. The summed E-state index contributed by atoms with van der Waals surface area (Å²) in [7, 11) is 0. The second kappa shape index (κ2) is 8.17. The molecule has 1 aliphatic heterocycles. The molecule has 1 saturated heterocycles. The van der Waals surface area contributed by atoms with E-state index in [1.807, 2.05) is 0 Å². The quantitative estimate of drug-likeness (QED) is 0.731. The van der Waals surface area contributed by atoms with Crippen molar-refractivity contribution in [2.75, 3.05) is 37.8 Å². The van der Waals surface area contributed by atoms with Gasteiger partial charge < -0.3 is 19.1 Å². The van der Waals surface area contributed by atoms with E-state index in [9.17, 15) is 0 Å². The van der Waals surface area contributed by atoms with Crippen LogP contribution in [0.5, 0.6) is 0 Å². The first-order chi connectivity index (χ1) is 12.2. The van der Waals surface area contributed by atoms with Gasteiger partial charge in [-0.2, -0.15) is 0 Å². The van der Waals surface area contributed by atoms with Gasteiger partial charge in [-0.3, -0.25) is 0 Å². The van der Waals surface area contributed by atoms with Crippen LogP contribution in [0.15, 0.2) is 36.4 Å². The zero-order chi connectivity index (χ0) is 17.7. The third-order valence-electron chi connectivity index (χ3n) is 4.68. The van der Waals surface area contributed by atoms with Crippen molar-refractivity contribution in [3.63, 3.8) is 0 Å². The Hall–Kier alpha value is -1.62. The summed E-state index contributed by atoms with van der Waals surface area (Å²) >= 11 is 0. The molecule has 4 heteroatoms. The predicted octanol–water partition coefficient (Wildman–Crippen LogP) is 4.66. The summed E-state index contributed by atoms with van der Waals surface area (Å²) in [4.78, 5) is 2.35. The minimum absolute atomic E-state index is 0.609. The fourth-order valence-electron chi connectivity index (χ4n) is 3.29. The molecule has 0 saturated carbocycles. The first-order valence-corrected chi connectivity index (χ1v) is 9.43. The van der Waals surface area contributed by atoms with Gasteiger partial charge in [0, 0.05) is 24.3 Å². The molecule has 0 aliphatic carbocycles. The maximum Gasteiger partial charge on any atom is 0.312 e. The van der Waals surface area contributed by atoms with E-state index in [2.05, 4.69) is 62.1 Å². The van der Waals surface area contributed by atoms with Crippen LogP contribution in [0.25, 0.3) is 10.8 Å². The van der Waals surface area contributed by atoms with Crippen molar-refractivity contribution in [2.24, 2.45) is 0 Å². The van der Waals surface area contributed by atoms with Crippen LogP contribution >= 0.6 is 0 Å². The highest BCUT2D eigenvalue weighted by molar-refractivity contribution is 5.86. The van der Waals surface area contributed by atoms with Crippen LogP contribution in [0.1, 0.15) is 39.2 Å². The van der Waals surface area contributed by atoms with E-state index in [1.165, 1.54) is 16.5 Å². The number of hydrogen-bond acceptors (Lipinski definition) is 4. The average molecular weight is 343 g/mol. The molecule has 0 N–H and O–H groups in total. The van der Waals surface area contributed by atoms with Crippen LogP contribution in [0.3, 0.4) is 0 Å². The van der Waals surface area contributed by atoms with Crippen molar-refractivity contribution in [2.45, 2.75) is 39.6 Å². The Bertz CT molecular complexity index is 691. The zero-order valence-corrected chi connectivity index (χ0v) is 15.6. The summed E-state index contributed by atoms with van der Waals surface area (Å²) in [5, 5.41) is 2.39. The molecule has 25 heavy (non-hydrogen) atoms. The fraction of sp³-hybridized carbons (Fsp3) is 0.524. The van der Waals surface area contributed by atoms with Gasteiger partial charge in [-0.05, 0) is 55.7 Å². The molecule has 3 rings (SSSR count). The number of ether oxygens (including phenoxy) is 3. The van der Waals surface area contributed by atoms with Crippen LogP contribution in [0.2, 0.25) is 0 Å². The summed E-state index contributed by atoms with van der Waals surface area (Å²) in [5.41, 5.74) is 2.17. The lowest BCUT2D eigenvalue weighted by Gasteiger charge is -2.36. The third-order valence-corrected chi connectivity index (χ3v) is 4.68. The molecular weight excluding hydrogens is 314 g/mol. The molecule has 1 heterocycles. The van der Waals surface area contributed by atoms with Crippen molar-refractivity contribution in [3.05, 3.63) is 42.0 Å². The normalized spacial score (nSPS) is 16.9. The van der Waals surface area contributed by atoms with Crippen LogP contribution in [0, 0.1) is 0 Å². The van der Waals surface area contributed by atoms with Gasteiger partial charge in [-0.25, -0.2) is 0 Å². The lowest BCUT2D eigenvalue weighted by atomic mass is 10.0. The van der Waals surface area contributed by atoms with Gasteiger partial charge in [0.1, 0.15) is 0 Å². The highest BCUT2D eigenvalue weighted by Gasteiger charge is 2.38. The van der Waals surface area contributed by atoms with E-state index < -0.39 is 5.97 Å². The van der Waals surface area contributed by atoms with Crippen molar-refractivity contribution >= 4 is 16.5 Å². The van der Waals surface area contributed by atoms with Crippen molar-refractivity contribution in [1.29, 1.82) is 0 Å². The Morgan fingerprint density at radius 3 is 2.36 bits per heavy atom. The van der Waals surface area contributed by atoms with Crippen LogP contribution in [-0.4, -0.2) is 32.9 Å². The Kier molecular flexibility index (Phi) is 5.94. The second-order valence-electron chi connectivity index (χ2n) is 6.37. The number of anilines is 1. The van der Waals surface area contributed by atoms with Gasteiger partial charge in [-0.1, -0.05) is 25.1 Å². The Morgan fingerprint density at radius 2 is 1.68 bits per heavy atom. The number of hydrogen-bond donors (Lipinski definition) is 0. The molecule has 0 bridgehead atoms. The molecule has 2 aromatic carbocycles. The molecule has 0 atom stereocenters. The van der Waals surface area contributed by atoms with Crippen molar-refractivity contribution in [3.8, 4) is 0 Å². The average Bonchev–Trinajstić information content (AvgIpc) is 2.67. The molecule has 2 aromatic rings. The summed E-state index contributed by atoms with van der Waals surface area (Å²) < 4.78 is 18.0. The zero-order valence-electron chi connectivity index (χ0n) is 15.6.